The average molecular weight is 364 g/mol. The second-order valence-corrected chi connectivity index (χ2v) is 6.09. The summed E-state index contributed by atoms with van der Waals surface area (Å²) in [5.41, 5.74) is 2.90. The number of esters is 1. The molecule has 0 spiro atoms. The Balaban J connectivity index is 1.72. The standard InChI is InChI=1S/C21H20N2O4/c1-3-15-8-4-5-9-17(15)22-20(25)13-27-21(26)16-12-19(14(2)24)23-11-7-6-10-18(16)23/h4-12H,3,13H2,1-2H3,(H,22,25). The number of Topliss-reactive ketones (excluding diaryl/α,β-unsaturated/α-hetero) is 1. The van der Waals surface area contributed by atoms with Crippen molar-refractivity contribution in [3.8, 4) is 0 Å². The van der Waals surface area contributed by atoms with Gasteiger partial charge in [0.15, 0.2) is 12.4 Å². The van der Waals surface area contributed by atoms with Crippen LogP contribution in [0, 0.1) is 0 Å². The number of hydrogen-bond acceptors (Lipinski definition) is 4. The van der Waals surface area contributed by atoms with Gasteiger partial charge in [0.05, 0.1) is 16.8 Å². The van der Waals surface area contributed by atoms with E-state index in [0.29, 0.717) is 16.9 Å². The average Bonchev–Trinajstić information content (AvgIpc) is 3.06. The maximum absolute atomic E-state index is 12.4. The summed E-state index contributed by atoms with van der Waals surface area (Å²) in [4.78, 5) is 36.4. The SMILES string of the molecule is CCc1ccccc1NC(=O)COC(=O)c1cc(C(C)=O)n2ccccc12. The molecule has 0 saturated carbocycles. The van der Waals surface area contributed by atoms with Gasteiger partial charge in [-0.25, -0.2) is 4.79 Å². The summed E-state index contributed by atoms with van der Waals surface area (Å²) in [7, 11) is 0. The fourth-order valence-corrected chi connectivity index (χ4v) is 2.93. The quantitative estimate of drug-likeness (QED) is 0.536. The fourth-order valence-electron chi connectivity index (χ4n) is 2.93. The largest absolute Gasteiger partial charge is 0.452 e. The lowest BCUT2D eigenvalue weighted by Gasteiger charge is -2.10. The van der Waals surface area contributed by atoms with Gasteiger partial charge < -0.3 is 14.5 Å². The number of aryl methyl sites for hydroxylation is 1. The lowest BCUT2D eigenvalue weighted by atomic mass is 10.1. The van der Waals surface area contributed by atoms with Crippen LogP contribution in [0.3, 0.4) is 0 Å². The molecule has 0 radical (unpaired) electrons. The molecule has 3 rings (SSSR count). The number of aromatic nitrogens is 1. The number of amides is 1. The van der Waals surface area contributed by atoms with E-state index in [0.717, 1.165) is 12.0 Å². The molecule has 1 N–H and O–H groups in total. The molecule has 0 saturated heterocycles. The number of nitrogens with zero attached hydrogens (tertiary/aromatic N) is 1. The minimum Gasteiger partial charge on any atom is -0.452 e. The molecule has 0 fully saturated rings. The van der Waals surface area contributed by atoms with E-state index in [-0.39, 0.29) is 11.3 Å². The van der Waals surface area contributed by atoms with Crippen LogP contribution in [-0.2, 0) is 16.0 Å². The van der Waals surface area contributed by atoms with E-state index in [1.54, 1.807) is 34.9 Å². The number of para-hydroxylation sites is 1. The minimum atomic E-state index is -0.648. The highest BCUT2D eigenvalue weighted by atomic mass is 16.5. The number of hydrogen-bond donors (Lipinski definition) is 1. The molecule has 2 aromatic heterocycles. The van der Waals surface area contributed by atoms with E-state index >= 15 is 0 Å². The zero-order chi connectivity index (χ0) is 19.4. The van der Waals surface area contributed by atoms with Crippen molar-refractivity contribution in [3.63, 3.8) is 0 Å². The topological polar surface area (TPSA) is 76.9 Å². The van der Waals surface area contributed by atoms with E-state index in [1.807, 2.05) is 25.1 Å². The maximum atomic E-state index is 12.4. The molecule has 6 heteroatoms. The Kier molecular flexibility index (Phi) is 5.35. The third kappa shape index (κ3) is 3.89. The number of pyridine rings is 1. The van der Waals surface area contributed by atoms with Gasteiger partial charge in [-0.2, -0.15) is 0 Å². The summed E-state index contributed by atoms with van der Waals surface area (Å²) in [5, 5.41) is 2.75. The van der Waals surface area contributed by atoms with Crippen molar-refractivity contribution in [3.05, 3.63) is 71.5 Å². The molecule has 27 heavy (non-hydrogen) atoms. The van der Waals surface area contributed by atoms with Crippen LogP contribution in [0.25, 0.3) is 5.52 Å². The van der Waals surface area contributed by atoms with Crippen molar-refractivity contribution in [1.29, 1.82) is 0 Å². The fraction of sp³-hybridized carbons (Fsp3) is 0.190. The normalized spacial score (nSPS) is 10.6. The number of rotatable bonds is 6. The molecule has 138 valence electrons. The Bertz CT molecular complexity index is 1020. The van der Waals surface area contributed by atoms with Crippen molar-refractivity contribution in [1.82, 2.24) is 4.40 Å². The number of ketones is 1. The highest BCUT2D eigenvalue weighted by Gasteiger charge is 2.19. The van der Waals surface area contributed by atoms with Crippen LogP contribution < -0.4 is 5.32 Å². The number of anilines is 1. The van der Waals surface area contributed by atoms with Gasteiger partial charge in [-0.3, -0.25) is 9.59 Å². The van der Waals surface area contributed by atoms with Crippen LogP contribution in [0.5, 0.6) is 0 Å². The van der Waals surface area contributed by atoms with Crippen LogP contribution in [0.15, 0.2) is 54.7 Å². The van der Waals surface area contributed by atoms with Gasteiger partial charge in [0, 0.05) is 18.8 Å². The molecule has 3 aromatic rings. The van der Waals surface area contributed by atoms with Gasteiger partial charge in [0.2, 0.25) is 0 Å². The Labute approximate surface area is 156 Å². The summed E-state index contributed by atoms with van der Waals surface area (Å²) in [6, 6.07) is 14.2. The molecule has 0 unspecified atom stereocenters. The van der Waals surface area contributed by atoms with E-state index in [9.17, 15) is 14.4 Å². The van der Waals surface area contributed by atoms with Gasteiger partial charge in [0.1, 0.15) is 0 Å². The summed E-state index contributed by atoms with van der Waals surface area (Å²) < 4.78 is 6.80. The van der Waals surface area contributed by atoms with Crippen LogP contribution >= 0.6 is 0 Å². The van der Waals surface area contributed by atoms with Crippen molar-refractivity contribution in [2.75, 3.05) is 11.9 Å². The smallest absolute Gasteiger partial charge is 0.340 e. The molecule has 1 aromatic carbocycles. The van der Waals surface area contributed by atoms with Gasteiger partial charge in [-0.15, -0.1) is 0 Å². The summed E-state index contributed by atoms with van der Waals surface area (Å²) >= 11 is 0. The first-order valence-electron chi connectivity index (χ1n) is 8.67. The molecular formula is C21H20N2O4. The second kappa shape index (κ2) is 7.86. The number of nitrogens with one attached hydrogen (secondary N) is 1. The summed E-state index contributed by atoms with van der Waals surface area (Å²) in [5.74, 6) is -1.23. The second-order valence-electron chi connectivity index (χ2n) is 6.09. The molecule has 0 atom stereocenters. The van der Waals surface area contributed by atoms with E-state index in [2.05, 4.69) is 5.32 Å². The van der Waals surface area contributed by atoms with Gasteiger partial charge >= 0.3 is 5.97 Å². The van der Waals surface area contributed by atoms with Crippen LogP contribution in [0.4, 0.5) is 5.69 Å². The van der Waals surface area contributed by atoms with E-state index in [1.165, 1.54) is 13.0 Å². The van der Waals surface area contributed by atoms with Crippen LogP contribution in [0.2, 0.25) is 0 Å². The molecule has 1 amide bonds. The summed E-state index contributed by atoms with van der Waals surface area (Å²) in [6.07, 6.45) is 2.48. The van der Waals surface area contributed by atoms with Gasteiger partial charge in [-0.05, 0) is 36.2 Å². The number of benzene rings is 1. The lowest BCUT2D eigenvalue weighted by Crippen LogP contribution is -2.21. The molecule has 0 aliphatic rings. The third-order valence-electron chi connectivity index (χ3n) is 4.26. The number of carbonyl (C=O) groups excluding carboxylic acids is 3. The molecular weight excluding hydrogens is 344 g/mol. The minimum absolute atomic E-state index is 0.163. The highest BCUT2D eigenvalue weighted by molar-refractivity contribution is 6.04. The predicted octanol–water partition coefficient (Wildman–Crippen LogP) is 3.50. The van der Waals surface area contributed by atoms with E-state index in [4.69, 9.17) is 4.74 Å². The molecule has 6 nitrogen and oxygen atoms in total. The molecule has 0 aliphatic heterocycles. The maximum Gasteiger partial charge on any atom is 0.340 e. The molecule has 2 heterocycles. The predicted molar refractivity (Wildman–Crippen MR) is 102 cm³/mol. The number of fused-ring (bicyclic) bond motifs is 1. The zero-order valence-corrected chi connectivity index (χ0v) is 15.2. The van der Waals surface area contributed by atoms with Crippen molar-refractivity contribution in [2.24, 2.45) is 0 Å². The monoisotopic (exact) mass is 364 g/mol. The van der Waals surface area contributed by atoms with Crippen LogP contribution in [0.1, 0.15) is 40.3 Å². The first kappa shape index (κ1) is 18.4. The molecule has 0 aliphatic carbocycles. The first-order valence-corrected chi connectivity index (χ1v) is 8.67. The Morgan fingerprint density at radius 3 is 2.56 bits per heavy atom. The Morgan fingerprint density at radius 1 is 1.07 bits per heavy atom. The number of carbonyl (C=O) groups is 3. The van der Waals surface area contributed by atoms with Gasteiger partial charge in [0.25, 0.3) is 5.91 Å². The third-order valence-corrected chi connectivity index (χ3v) is 4.26. The van der Waals surface area contributed by atoms with Gasteiger partial charge in [-0.1, -0.05) is 31.2 Å². The zero-order valence-electron chi connectivity index (χ0n) is 15.2. The Morgan fingerprint density at radius 2 is 1.81 bits per heavy atom. The van der Waals surface area contributed by atoms with Crippen molar-refractivity contribution < 1.29 is 19.1 Å². The Hall–Kier alpha value is -3.41. The van der Waals surface area contributed by atoms with Crippen molar-refractivity contribution in [2.45, 2.75) is 20.3 Å². The summed E-state index contributed by atoms with van der Waals surface area (Å²) in [6.45, 7) is 3.02. The van der Waals surface area contributed by atoms with Crippen molar-refractivity contribution >= 4 is 28.9 Å². The van der Waals surface area contributed by atoms with Crippen LogP contribution in [-0.4, -0.2) is 28.7 Å². The first-order chi connectivity index (χ1) is 13.0. The number of ether oxygens (including phenoxy) is 1. The lowest BCUT2D eigenvalue weighted by molar-refractivity contribution is -0.119. The van der Waals surface area contributed by atoms with E-state index < -0.39 is 18.5 Å². The highest BCUT2D eigenvalue weighted by Crippen LogP contribution is 2.19. The molecule has 0 bridgehead atoms.